The zero-order valence-corrected chi connectivity index (χ0v) is 9.61. The molecule has 0 bridgehead atoms. The molecular weight excluding hydrogens is 144 g/mol. The van der Waals surface area contributed by atoms with E-state index in [2.05, 4.69) is 34.6 Å². The van der Waals surface area contributed by atoms with Crippen LogP contribution < -0.4 is 0 Å². The molecule has 0 fully saturated rings. The van der Waals surface area contributed by atoms with Gasteiger partial charge in [-0.15, -0.1) is 0 Å². The number of rotatable bonds is 5. The first-order chi connectivity index (χ1) is 5.48. The van der Waals surface area contributed by atoms with Crippen LogP contribution in [0.1, 0.15) is 66.7 Å². The van der Waals surface area contributed by atoms with Gasteiger partial charge < -0.3 is 0 Å². The van der Waals surface area contributed by atoms with Crippen LogP contribution in [0.3, 0.4) is 0 Å². The van der Waals surface area contributed by atoms with Gasteiger partial charge in [-0.25, -0.2) is 0 Å². The van der Waals surface area contributed by atoms with E-state index in [9.17, 15) is 0 Å². The second-order valence-corrected chi connectivity index (χ2v) is 5.12. The summed E-state index contributed by atoms with van der Waals surface area (Å²) in [6.07, 6.45) is 7.02. The van der Waals surface area contributed by atoms with E-state index >= 15 is 0 Å². The lowest BCUT2D eigenvalue weighted by Gasteiger charge is -2.27. The highest BCUT2D eigenvalue weighted by molar-refractivity contribution is 4.69. The monoisotopic (exact) mass is 170 g/mol. The van der Waals surface area contributed by atoms with Gasteiger partial charge in [-0.3, -0.25) is 0 Å². The molecule has 0 aromatic heterocycles. The Morgan fingerprint density at radius 3 is 2.00 bits per heavy atom. The van der Waals surface area contributed by atoms with Gasteiger partial charge in [-0.2, -0.15) is 0 Å². The second-order valence-electron chi connectivity index (χ2n) is 5.12. The topological polar surface area (TPSA) is 0 Å². The summed E-state index contributed by atoms with van der Waals surface area (Å²) in [5.74, 6) is 0.870. The van der Waals surface area contributed by atoms with Crippen LogP contribution in [0.25, 0.3) is 0 Å². The first kappa shape index (κ1) is 12.0. The number of hydrogen-bond donors (Lipinski definition) is 0. The second kappa shape index (κ2) is 5.61. The lowest BCUT2D eigenvalue weighted by molar-refractivity contribution is 0.241. The van der Waals surface area contributed by atoms with Gasteiger partial charge in [0.05, 0.1) is 0 Å². The van der Waals surface area contributed by atoms with Crippen molar-refractivity contribution in [3.63, 3.8) is 0 Å². The van der Waals surface area contributed by atoms with Crippen molar-refractivity contribution in [1.82, 2.24) is 0 Å². The van der Waals surface area contributed by atoms with Crippen LogP contribution in [0.15, 0.2) is 0 Å². The average Bonchev–Trinajstić information content (AvgIpc) is 1.96. The van der Waals surface area contributed by atoms with Crippen molar-refractivity contribution in [2.24, 2.45) is 11.3 Å². The fourth-order valence-electron chi connectivity index (χ4n) is 1.31. The van der Waals surface area contributed by atoms with Gasteiger partial charge in [0, 0.05) is 0 Å². The Balaban J connectivity index is 3.38. The number of unbranched alkanes of at least 4 members (excludes halogenated alkanes) is 3. The minimum absolute atomic E-state index is 0.506. The highest BCUT2D eigenvalue weighted by Crippen LogP contribution is 2.29. The zero-order valence-electron chi connectivity index (χ0n) is 9.61. The van der Waals surface area contributed by atoms with E-state index in [-0.39, 0.29) is 0 Å². The lowest BCUT2D eigenvalue weighted by atomic mass is 9.79. The maximum atomic E-state index is 2.38. The van der Waals surface area contributed by atoms with Crippen molar-refractivity contribution in [3.05, 3.63) is 0 Å². The van der Waals surface area contributed by atoms with E-state index in [0.717, 1.165) is 5.92 Å². The molecule has 0 N–H and O–H groups in total. The third kappa shape index (κ3) is 5.62. The molecule has 0 aromatic carbocycles. The van der Waals surface area contributed by atoms with Crippen LogP contribution in [0.2, 0.25) is 0 Å². The SMILES string of the molecule is CCCCCCC(C)C(C)(C)C. The summed E-state index contributed by atoms with van der Waals surface area (Å²) in [5, 5.41) is 0. The van der Waals surface area contributed by atoms with E-state index in [1.165, 1.54) is 32.1 Å². The predicted octanol–water partition coefficient (Wildman–Crippen LogP) is 4.64. The summed E-state index contributed by atoms with van der Waals surface area (Å²) in [6.45, 7) is 11.7. The molecule has 0 radical (unpaired) electrons. The summed E-state index contributed by atoms with van der Waals surface area (Å²) >= 11 is 0. The summed E-state index contributed by atoms with van der Waals surface area (Å²) < 4.78 is 0. The highest BCUT2D eigenvalue weighted by atomic mass is 14.2. The van der Waals surface area contributed by atoms with Crippen LogP contribution in [0.4, 0.5) is 0 Å². The zero-order chi connectivity index (χ0) is 9.61. The fraction of sp³-hybridized carbons (Fsp3) is 1.00. The molecule has 0 saturated carbocycles. The third-order valence-electron chi connectivity index (χ3n) is 2.97. The Bertz CT molecular complexity index is 97.1. The van der Waals surface area contributed by atoms with E-state index in [4.69, 9.17) is 0 Å². The molecule has 0 rings (SSSR count). The van der Waals surface area contributed by atoms with Gasteiger partial charge >= 0.3 is 0 Å². The normalized spacial score (nSPS) is 14.8. The van der Waals surface area contributed by atoms with E-state index in [1.54, 1.807) is 0 Å². The van der Waals surface area contributed by atoms with E-state index in [1.807, 2.05) is 0 Å². The molecule has 74 valence electrons. The van der Waals surface area contributed by atoms with Gasteiger partial charge in [0.1, 0.15) is 0 Å². The molecule has 0 aromatic rings. The molecule has 1 unspecified atom stereocenters. The van der Waals surface area contributed by atoms with Crippen LogP contribution in [-0.2, 0) is 0 Å². The van der Waals surface area contributed by atoms with Gasteiger partial charge in [0.25, 0.3) is 0 Å². The van der Waals surface area contributed by atoms with E-state index in [0.29, 0.717) is 5.41 Å². The van der Waals surface area contributed by atoms with Crippen LogP contribution in [0, 0.1) is 11.3 Å². The minimum Gasteiger partial charge on any atom is -0.0654 e. The van der Waals surface area contributed by atoms with Crippen LogP contribution >= 0.6 is 0 Å². The maximum absolute atomic E-state index is 2.38. The number of hydrogen-bond acceptors (Lipinski definition) is 0. The Labute approximate surface area is 78.8 Å². The average molecular weight is 170 g/mol. The minimum atomic E-state index is 0.506. The molecule has 0 spiro atoms. The van der Waals surface area contributed by atoms with Gasteiger partial charge in [-0.1, -0.05) is 66.7 Å². The van der Waals surface area contributed by atoms with Crippen molar-refractivity contribution in [2.45, 2.75) is 66.7 Å². The Hall–Kier alpha value is 0. The quantitative estimate of drug-likeness (QED) is 0.527. The van der Waals surface area contributed by atoms with Crippen molar-refractivity contribution in [1.29, 1.82) is 0 Å². The Morgan fingerprint density at radius 2 is 1.58 bits per heavy atom. The van der Waals surface area contributed by atoms with Crippen molar-refractivity contribution in [2.75, 3.05) is 0 Å². The van der Waals surface area contributed by atoms with Crippen molar-refractivity contribution >= 4 is 0 Å². The molecule has 1 atom stereocenters. The molecule has 0 saturated heterocycles. The smallest absolute Gasteiger partial charge is 0.0357 e. The lowest BCUT2D eigenvalue weighted by Crippen LogP contribution is -2.16. The largest absolute Gasteiger partial charge is 0.0654 e. The molecule has 0 aliphatic carbocycles. The van der Waals surface area contributed by atoms with Gasteiger partial charge in [-0.05, 0) is 11.3 Å². The summed E-state index contributed by atoms with van der Waals surface area (Å²) in [7, 11) is 0. The summed E-state index contributed by atoms with van der Waals surface area (Å²) in [6, 6.07) is 0. The van der Waals surface area contributed by atoms with Gasteiger partial charge in [0.2, 0.25) is 0 Å². The van der Waals surface area contributed by atoms with Gasteiger partial charge in [0.15, 0.2) is 0 Å². The molecule has 12 heavy (non-hydrogen) atoms. The Kier molecular flexibility index (Phi) is 5.61. The molecule has 0 nitrogen and oxygen atoms in total. The molecule has 0 aliphatic heterocycles. The fourth-order valence-corrected chi connectivity index (χ4v) is 1.31. The molecule has 0 aliphatic rings. The Morgan fingerprint density at radius 1 is 1.00 bits per heavy atom. The predicted molar refractivity (Wildman–Crippen MR) is 57.4 cm³/mol. The van der Waals surface area contributed by atoms with Crippen molar-refractivity contribution in [3.8, 4) is 0 Å². The standard InChI is InChI=1S/C12H26/c1-6-7-8-9-10-11(2)12(3,4)5/h11H,6-10H2,1-5H3. The van der Waals surface area contributed by atoms with Crippen LogP contribution in [0.5, 0.6) is 0 Å². The third-order valence-corrected chi connectivity index (χ3v) is 2.97. The molecule has 0 amide bonds. The van der Waals surface area contributed by atoms with Crippen molar-refractivity contribution < 1.29 is 0 Å². The molecular formula is C12H26. The first-order valence-corrected chi connectivity index (χ1v) is 5.48. The molecule has 0 heteroatoms. The molecule has 0 heterocycles. The summed E-state index contributed by atoms with van der Waals surface area (Å²) in [5.41, 5.74) is 0.506. The highest BCUT2D eigenvalue weighted by Gasteiger charge is 2.18. The maximum Gasteiger partial charge on any atom is -0.0357 e. The summed E-state index contributed by atoms with van der Waals surface area (Å²) in [4.78, 5) is 0. The van der Waals surface area contributed by atoms with E-state index < -0.39 is 0 Å². The first-order valence-electron chi connectivity index (χ1n) is 5.48. The van der Waals surface area contributed by atoms with Crippen LogP contribution in [-0.4, -0.2) is 0 Å².